The highest BCUT2D eigenvalue weighted by molar-refractivity contribution is 7.99. The van der Waals surface area contributed by atoms with Crippen LogP contribution in [0.5, 0.6) is 0 Å². The van der Waals surface area contributed by atoms with E-state index in [0.29, 0.717) is 10.9 Å². The van der Waals surface area contributed by atoms with Gasteiger partial charge in [-0.15, -0.1) is 10.2 Å². The van der Waals surface area contributed by atoms with Crippen LogP contribution < -0.4 is 5.84 Å². The second-order valence-electron chi connectivity index (χ2n) is 4.46. The minimum Gasteiger partial charge on any atom is -0.342 e. The molecule has 1 aliphatic rings. The number of nitrogens with zero attached hydrogens (tertiary/aromatic N) is 4. The third kappa shape index (κ3) is 3.63. The molecule has 1 aromatic rings. The summed E-state index contributed by atoms with van der Waals surface area (Å²) in [5.74, 6) is 6.15. The number of nitrogens with two attached hydrogens (primary N) is 1. The fourth-order valence-electron chi connectivity index (χ4n) is 2.05. The average Bonchev–Trinajstić information content (AvgIpc) is 2.71. The summed E-state index contributed by atoms with van der Waals surface area (Å²) < 4.78 is 1.34. The molecule has 18 heavy (non-hydrogen) atoms. The fourth-order valence-corrected chi connectivity index (χ4v) is 2.79. The predicted molar refractivity (Wildman–Crippen MR) is 70.6 cm³/mol. The van der Waals surface area contributed by atoms with Gasteiger partial charge in [0.1, 0.15) is 6.33 Å². The highest BCUT2D eigenvalue weighted by Crippen LogP contribution is 2.15. The minimum atomic E-state index is 0.171. The number of carbonyl (C=O) groups excluding carboxylic acids is 1. The fraction of sp³-hybridized carbons (Fsp3) is 0.727. The van der Waals surface area contributed by atoms with Crippen molar-refractivity contribution in [1.29, 1.82) is 0 Å². The van der Waals surface area contributed by atoms with Crippen LogP contribution >= 0.6 is 11.8 Å². The summed E-state index contributed by atoms with van der Waals surface area (Å²) in [5, 5.41) is 8.11. The van der Waals surface area contributed by atoms with Gasteiger partial charge in [-0.3, -0.25) is 4.79 Å². The molecule has 0 radical (unpaired) electrons. The van der Waals surface area contributed by atoms with Gasteiger partial charge in [0.2, 0.25) is 11.1 Å². The van der Waals surface area contributed by atoms with Crippen LogP contribution in [-0.4, -0.2) is 44.5 Å². The highest BCUT2D eigenvalue weighted by Gasteiger charge is 2.16. The van der Waals surface area contributed by atoms with Gasteiger partial charge in [-0.05, 0) is 12.8 Å². The SMILES string of the molecule is Nn1cnnc1SCC(=O)N1CCCCCCC1. The first-order valence-electron chi connectivity index (χ1n) is 6.33. The van der Waals surface area contributed by atoms with Crippen LogP contribution in [0.15, 0.2) is 11.5 Å². The lowest BCUT2D eigenvalue weighted by Gasteiger charge is -2.24. The Hall–Kier alpha value is -1.24. The molecule has 1 fully saturated rings. The summed E-state index contributed by atoms with van der Waals surface area (Å²) in [6.07, 6.45) is 7.42. The number of hydrogen-bond donors (Lipinski definition) is 1. The maximum atomic E-state index is 12.1. The van der Waals surface area contributed by atoms with Crippen LogP contribution in [0.2, 0.25) is 0 Å². The Labute approximate surface area is 111 Å². The molecule has 0 atom stereocenters. The Morgan fingerprint density at radius 3 is 2.56 bits per heavy atom. The van der Waals surface area contributed by atoms with Crippen LogP contribution in [0.1, 0.15) is 32.1 Å². The number of rotatable bonds is 3. The number of nitrogen functional groups attached to an aromatic ring is 1. The van der Waals surface area contributed by atoms with Crippen LogP contribution in [-0.2, 0) is 4.79 Å². The molecule has 2 N–H and O–H groups in total. The molecular weight excluding hydrogens is 250 g/mol. The summed E-state index contributed by atoms with van der Waals surface area (Å²) in [7, 11) is 0. The molecule has 100 valence electrons. The van der Waals surface area contributed by atoms with E-state index in [2.05, 4.69) is 10.2 Å². The van der Waals surface area contributed by atoms with Crippen molar-refractivity contribution in [1.82, 2.24) is 19.8 Å². The van der Waals surface area contributed by atoms with Crippen LogP contribution in [0.4, 0.5) is 0 Å². The monoisotopic (exact) mass is 269 g/mol. The van der Waals surface area contributed by atoms with Gasteiger partial charge < -0.3 is 10.7 Å². The van der Waals surface area contributed by atoms with Gasteiger partial charge in [0.05, 0.1) is 5.75 Å². The summed E-state index contributed by atoms with van der Waals surface area (Å²) in [6, 6.07) is 0. The van der Waals surface area contributed by atoms with E-state index in [1.54, 1.807) is 0 Å². The first-order chi connectivity index (χ1) is 8.77. The first-order valence-corrected chi connectivity index (χ1v) is 7.31. The van der Waals surface area contributed by atoms with E-state index < -0.39 is 0 Å². The molecule has 0 aromatic carbocycles. The van der Waals surface area contributed by atoms with Gasteiger partial charge >= 0.3 is 0 Å². The zero-order valence-electron chi connectivity index (χ0n) is 10.4. The van der Waals surface area contributed by atoms with E-state index in [-0.39, 0.29) is 5.91 Å². The van der Waals surface area contributed by atoms with E-state index in [0.717, 1.165) is 25.9 Å². The van der Waals surface area contributed by atoms with Gasteiger partial charge in [0.15, 0.2) is 0 Å². The molecule has 1 aliphatic heterocycles. The smallest absolute Gasteiger partial charge is 0.233 e. The summed E-state index contributed by atoms with van der Waals surface area (Å²) in [6.45, 7) is 1.77. The summed E-state index contributed by atoms with van der Waals surface area (Å²) in [5.41, 5.74) is 0. The summed E-state index contributed by atoms with van der Waals surface area (Å²) in [4.78, 5) is 14.0. The first kappa shape index (κ1) is 13.2. The van der Waals surface area contributed by atoms with Gasteiger partial charge in [-0.25, -0.2) is 4.68 Å². The third-order valence-corrected chi connectivity index (χ3v) is 4.02. The van der Waals surface area contributed by atoms with Crippen molar-refractivity contribution in [2.45, 2.75) is 37.3 Å². The normalized spacial score (nSPS) is 17.2. The molecule has 2 rings (SSSR count). The van der Waals surface area contributed by atoms with Gasteiger partial charge in [0, 0.05) is 13.1 Å². The van der Waals surface area contributed by atoms with E-state index in [1.165, 1.54) is 42.0 Å². The quantitative estimate of drug-likeness (QED) is 0.651. The van der Waals surface area contributed by atoms with Crippen LogP contribution in [0.3, 0.4) is 0 Å². The Bertz CT molecular complexity index is 387. The number of amides is 1. The van der Waals surface area contributed by atoms with Gasteiger partial charge in [-0.2, -0.15) is 0 Å². The lowest BCUT2D eigenvalue weighted by atomic mass is 10.1. The predicted octanol–water partition coefficient (Wildman–Crippen LogP) is 0.877. The molecule has 1 aromatic heterocycles. The minimum absolute atomic E-state index is 0.171. The molecule has 1 amide bonds. The number of hydrogen-bond acceptors (Lipinski definition) is 5. The standard InChI is InChI=1S/C11H19N5OS/c12-16-9-13-14-11(16)18-8-10(17)15-6-4-2-1-3-5-7-15/h9H,1-8,12H2. The van der Waals surface area contributed by atoms with Crippen molar-refractivity contribution in [3.05, 3.63) is 6.33 Å². The van der Waals surface area contributed by atoms with Crippen molar-refractivity contribution >= 4 is 17.7 Å². The molecule has 6 nitrogen and oxygen atoms in total. The molecule has 0 aliphatic carbocycles. The van der Waals surface area contributed by atoms with Crippen LogP contribution in [0.25, 0.3) is 0 Å². The maximum absolute atomic E-state index is 12.1. The van der Waals surface area contributed by atoms with Crippen molar-refractivity contribution in [3.63, 3.8) is 0 Å². The molecule has 7 heteroatoms. The van der Waals surface area contributed by atoms with E-state index in [1.807, 2.05) is 4.90 Å². The van der Waals surface area contributed by atoms with Crippen molar-refractivity contribution < 1.29 is 4.79 Å². The Morgan fingerprint density at radius 2 is 1.94 bits per heavy atom. The average molecular weight is 269 g/mol. The van der Waals surface area contributed by atoms with E-state index in [4.69, 9.17) is 5.84 Å². The highest BCUT2D eigenvalue weighted by atomic mass is 32.2. The Morgan fingerprint density at radius 1 is 1.28 bits per heavy atom. The Balaban J connectivity index is 1.81. The number of thioether (sulfide) groups is 1. The van der Waals surface area contributed by atoms with Crippen molar-refractivity contribution in [2.24, 2.45) is 0 Å². The van der Waals surface area contributed by atoms with E-state index >= 15 is 0 Å². The van der Waals surface area contributed by atoms with E-state index in [9.17, 15) is 4.79 Å². The zero-order chi connectivity index (χ0) is 12.8. The molecule has 0 saturated carbocycles. The number of aromatic nitrogens is 3. The molecule has 2 heterocycles. The number of carbonyl (C=O) groups is 1. The third-order valence-electron chi connectivity index (χ3n) is 3.07. The topological polar surface area (TPSA) is 77.0 Å². The summed E-state index contributed by atoms with van der Waals surface area (Å²) >= 11 is 1.34. The number of likely N-dealkylation sites (tertiary alicyclic amines) is 1. The van der Waals surface area contributed by atoms with Gasteiger partial charge in [0.25, 0.3) is 0 Å². The maximum Gasteiger partial charge on any atom is 0.233 e. The largest absolute Gasteiger partial charge is 0.342 e. The van der Waals surface area contributed by atoms with Crippen LogP contribution in [0, 0.1) is 0 Å². The second kappa shape index (κ2) is 6.63. The molecule has 0 bridgehead atoms. The molecule has 0 spiro atoms. The lowest BCUT2D eigenvalue weighted by Crippen LogP contribution is -2.35. The molecular formula is C11H19N5OS. The van der Waals surface area contributed by atoms with Gasteiger partial charge in [-0.1, -0.05) is 31.0 Å². The molecule has 1 saturated heterocycles. The molecule has 0 unspecified atom stereocenters. The lowest BCUT2D eigenvalue weighted by molar-refractivity contribution is -0.128. The second-order valence-corrected chi connectivity index (χ2v) is 5.40. The van der Waals surface area contributed by atoms with Crippen molar-refractivity contribution in [3.8, 4) is 0 Å². The zero-order valence-corrected chi connectivity index (χ0v) is 11.2. The van der Waals surface area contributed by atoms with Crippen molar-refractivity contribution in [2.75, 3.05) is 24.7 Å². The Kier molecular flexibility index (Phi) is 4.86.